The number of nitrogens with one attached hydrogen (secondary N) is 1. The van der Waals surface area contributed by atoms with Gasteiger partial charge in [0.15, 0.2) is 0 Å². The van der Waals surface area contributed by atoms with Crippen molar-refractivity contribution in [2.45, 2.75) is 6.92 Å². The van der Waals surface area contributed by atoms with Crippen LogP contribution in [0.15, 0.2) is 48.6 Å². The fraction of sp³-hybridized carbons (Fsp3) is 0.0667. The second kappa shape index (κ2) is 5.96. The summed E-state index contributed by atoms with van der Waals surface area (Å²) in [6.07, 6.45) is 4.97. The van der Waals surface area contributed by atoms with Crippen molar-refractivity contribution in [2.75, 3.05) is 4.90 Å². The highest BCUT2D eigenvalue weighted by molar-refractivity contribution is 6.28. The standard InChI is InChI=1S/C11H9NO2.C4H3NO2/c1-8-4-2-3-5-9(8)12-10(13)6-7-11(12)14;6-3-1-2-4(7)5-3/h2-7H,1H3;1-2H,(H,5,6,7). The maximum Gasteiger partial charge on any atom is 0.258 e. The fourth-order valence-electron chi connectivity index (χ4n) is 1.81. The number of imide groups is 2. The lowest BCUT2D eigenvalue weighted by atomic mass is 10.2. The molecule has 0 saturated heterocycles. The Morgan fingerprint density at radius 1 is 0.810 bits per heavy atom. The maximum atomic E-state index is 11.4. The molecule has 0 fully saturated rings. The Morgan fingerprint density at radius 2 is 1.33 bits per heavy atom. The number of hydrogen-bond acceptors (Lipinski definition) is 4. The number of benzene rings is 1. The largest absolute Gasteiger partial charge is 0.289 e. The van der Waals surface area contributed by atoms with Crippen LogP contribution >= 0.6 is 0 Å². The molecule has 21 heavy (non-hydrogen) atoms. The van der Waals surface area contributed by atoms with E-state index in [0.717, 1.165) is 5.56 Å². The van der Waals surface area contributed by atoms with Gasteiger partial charge in [-0.2, -0.15) is 0 Å². The maximum absolute atomic E-state index is 11.4. The lowest BCUT2D eigenvalue weighted by molar-refractivity contribution is -0.124. The Balaban J connectivity index is 0.000000194. The summed E-state index contributed by atoms with van der Waals surface area (Å²) in [5.41, 5.74) is 1.57. The molecule has 0 saturated carbocycles. The minimum absolute atomic E-state index is 0.274. The molecule has 0 aromatic heterocycles. The normalized spacial score (nSPS) is 16.1. The van der Waals surface area contributed by atoms with Crippen LogP contribution in [-0.4, -0.2) is 23.6 Å². The third kappa shape index (κ3) is 3.30. The minimum atomic E-state index is -0.329. The number of amides is 4. The van der Waals surface area contributed by atoms with Crippen LogP contribution in [0, 0.1) is 6.92 Å². The number of carbonyl (C=O) groups excluding carboxylic acids is 4. The zero-order chi connectivity index (χ0) is 15.4. The molecule has 2 aliphatic heterocycles. The van der Waals surface area contributed by atoms with Crippen molar-refractivity contribution in [3.05, 3.63) is 54.1 Å². The molecule has 2 aliphatic rings. The molecule has 0 radical (unpaired) electrons. The molecule has 1 aromatic rings. The van der Waals surface area contributed by atoms with E-state index in [0.29, 0.717) is 5.69 Å². The van der Waals surface area contributed by atoms with Gasteiger partial charge in [-0.1, -0.05) is 18.2 Å². The smallest absolute Gasteiger partial charge is 0.258 e. The van der Waals surface area contributed by atoms with Gasteiger partial charge in [-0.3, -0.25) is 24.5 Å². The molecule has 6 heteroatoms. The number of nitrogens with zero attached hydrogens (tertiary/aromatic N) is 1. The number of aryl methyl sites for hydroxylation is 1. The molecule has 0 unspecified atom stereocenters. The van der Waals surface area contributed by atoms with Crippen molar-refractivity contribution in [1.29, 1.82) is 0 Å². The summed E-state index contributed by atoms with van der Waals surface area (Å²) < 4.78 is 0. The highest BCUT2D eigenvalue weighted by Crippen LogP contribution is 2.22. The van der Waals surface area contributed by atoms with Gasteiger partial charge in [0.1, 0.15) is 0 Å². The first kappa shape index (κ1) is 14.4. The highest BCUT2D eigenvalue weighted by atomic mass is 16.2. The van der Waals surface area contributed by atoms with Crippen LogP contribution in [0.3, 0.4) is 0 Å². The average molecular weight is 284 g/mol. The monoisotopic (exact) mass is 284 g/mol. The minimum Gasteiger partial charge on any atom is -0.289 e. The Labute approximate surface area is 120 Å². The summed E-state index contributed by atoms with van der Waals surface area (Å²) in [7, 11) is 0. The Hall–Kier alpha value is -3.02. The average Bonchev–Trinajstić information content (AvgIpc) is 2.97. The summed E-state index contributed by atoms with van der Waals surface area (Å²) in [6.45, 7) is 1.87. The van der Waals surface area contributed by atoms with E-state index < -0.39 is 0 Å². The number of para-hydroxylation sites is 1. The van der Waals surface area contributed by atoms with Gasteiger partial charge in [-0.15, -0.1) is 0 Å². The second-order valence-corrected chi connectivity index (χ2v) is 4.32. The number of hydrogen-bond donors (Lipinski definition) is 1. The van der Waals surface area contributed by atoms with Crippen molar-refractivity contribution in [3.8, 4) is 0 Å². The zero-order valence-electron chi connectivity index (χ0n) is 11.2. The molecular formula is C15H12N2O4. The predicted molar refractivity (Wildman–Crippen MR) is 75.1 cm³/mol. The fourth-order valence-corrected chi connectivity index (χ4v) is 1.81. The van der Waals surface area contributed by atoms with Crippen molar-refractivity contribution in [1.82, 2.24) is 5.32 Å². The Bertz CT molecular complexity index is 655. The van der Waals surface area contributed by atoms with E-state index in [1.807, 2.05) is 24.4 Å². The van der Waals surface area contributed by atoms with Crippen LogP contribution in [0.25, 0.3) is 0 Å². The Morgan fingerprint density at radius 3 is 1.76 bits per heavy atom. The molecular weight excluding hydrogens is 272 g/mol. The second-order valence-electron chi connectivity index (χ2n) is 4.32. The summed E-state index contributed by atoms with van der Waals surface area (Å²) in [6, 6.07) is 7.31. The molecule has 0 spiro atoms. The first-order valence-electron chi connectivity index (χ1n) is 6.14. The van der Waals surface area contributed by atoms with Crippen molar-refractivity contribution in [2.24, 2.45) is 0 Å². The van der Waals surface area contributed by atoms with Crippen LogP contribution in [0.4, 0.5) is 5.69 Å². The lowest BCUT2D eigenvalue weighted by Gasteiger charge is -2.15. The third-order valence-electron chi connectivity index (χ3n) is 2.80. The van der Waals surface area contributed by atoms with E-state index in [1.165, 1.54) is 29.2 Å². The number of carbonyl (C=O) groups is 4. The predicted octanol–water partition coefficient (Wildman–Crippen LogP) is 0.623. The first-order chi connectivity index (χ1) is 9.99. The SMILES string of the molecule is Cc1ccccc1N1C(=O)C=CC1=O.O=C1C=CC(=O)N1. The van der Waals surface area contributed by atoms with Gasteiger partial charge in [0.25, 0.3) is 23.6 Å². The summed E-state index contributed by atoms with van der Waals surface area (Å²) >= 11 is 0. The van der Waals surface area contributed by atoms with E-state index in [1.54, 1.807) is 12.1 Å². The first-order valence-corrected chi connectivity index (χ1v) is 6.14. The molecule has 1 aromatic carbocycles. The van der Waals surface area contributed by atoms with Gasteiger partial charge in [0.2, 0.25) is 0 Å². The molecule has 0 atom stereocenters. The van der Waals surface area contributed by atoms with Crippen LogP contribution in [0.5, 0.6) is 0 Å². The van der Waals surface area contributed by atoms with Crippen molar-refractivity contribution >= 4 is 29.3 Å². The quantitative estimate of drug-likeness (QED) is 0.766. The van der Waals surface area contributed by atoms with Crippen LogP contribution in [0.1, 0.15) is 5.56 Å². The Kier molecular flexibility index (Phi) is 4.08. The molecule has 0 bridgehead atoms. The van der Waals surface area contributed by atoms with E-state index >= 15 is 0 Å². The van der Waals surface area contributed by atoms with Crippen LogP contribution in [0.2, 0.25) is 0 Å². The molecule has 2 heterocycles. The van der Waals surface area contributed by atoms with Crippen LogP contribution in [-0.2, 0) is 19.2 Å². The summed E-state index contributed by atoms with van der Waals surface area (Å²) in [5, 5.41) is 2.03. The summed E-state index contributed by atoms with van der Waals surface area (Å²) in [4.78, 5) is 44.0. The molecule has 6 nitrogen and oxygen atoms in total. The highest BCUT2D eigenvalue weighted by Gasteiger charge is 2.25. The van der Waals surface area contributed by atoms with Gasteiger partial charge in [-0.05, 0) is 18.6 Å². The van der Waals surface area contributed by atoms with Gasteiger partial charge in [0.05, 0.1) is 5.69 Å². The van der Waals surface area contributed by atoms with Gasteiger partial charge < -0.3 is 0 Å². The lowest BCUT2D eigenvalue weighted by Crippen LogP contribution is -2.30. The third-order valence-corrected chi connectivity index (χ3v) is 2.80. The molecule has 1 N–H and O–H groups in total. The topological polar surface area (TPSA) is 83.6 Å². The van der Waals surface area contributed by atoms with E-state index in [9.17, 15) is 19.2 Å². The van der Waals surface area contributed by atoms with E-state index in [-0.39, 0.29) is 23.6 Å². The van der Waals surface area contributed by atoms with Crippen molar-refractivity contribution < 1.29 is 19.2 Å². The van der Waals surface area contributed by atoms with Gasteiger partial charge >= 0.3 is 0 Å². The van der Waals surface area contributed by atoms with Crippen LogP contribution < -0.4 is 10.2 Å². The number of anilines is 1. The summed E-state index contributed by atoms with van der Waals surface area (Å²) in [5.74, 6) is -1.20. The molecule has 4 amide bonds. The molecule has 106 valence electrons. The molecule has 0 aliphatic carbocycles. The van der Waals surface area contributed by atoms with Gasteiger partial charge in [0, 0.05) is 24.3 Å². The van der Waals surface area contributed by atoms with E-state index in [4.69, 9.17) is 0 Å². The van der Waals surface area contributed by atoms with Crippen molar-refractivity contribution in [3.63, 3.8) is 0 Å². The number of rotatable bonds is 1. The zero-order valence-corrected chi connectivity index (χ0v) is 11.2. The van der Waals surface area contributed by atoms with Gasteiger partial charge in [-0.25, -0.2) is 4.90 Å². The molecule has 3 rings (SSSR count). The van der Waals surface area contributed by atoms with E-state index in [2.05, 4.69) is 0 Å².